The van der Waals surface area contributed by atoms with Gasteiger partial charge in [0.15, 0.2) is 5.69 Å². The molecule has 0 spiro atoms. The lowest BCUT2D eigenvalue weighted by molar-refractivity contribution is -0.141. The number of nitrogens with zero attached hydrogens (tertiary/aromatic N) is 5. The van der Waals surface area contributed by atoms with Crippen LogP contribution >= 0.6 is 0 Å². The average Bonchev–Trinajstić information content (AvgIpc) is 3.40. The van der Waals surface area contributed by atoms with Crippen LogP contribution in [0.1, 0.15) is 29.1 Å². The molecule has 33 heavy (non-hydrogen) atoms. The molecule has 2 aromatic heterocycles. The summed E-state index contributed by atoms with van der Waals surface area (Å²) in [4.78, 5) is 47.0. The molecule has 0 aliphatic carbocycles. The largest absolute Gasteiger partial charge is 0.465 e. The van der Waals surface area contributed by atoms with Gasteiger partial charge in [-0.1, -0.05) is 0 Å². The number of hydrogen-bond donors (Lipinski definition) is 2. The van der Waals surface area contributed by atoms with Crippen molar-refractivity contribution in [2.24, 2.45) is 0 Å². The zero-order valence-corrected chi connectivity index (χ0v) is 17.1. The molecule has 0 aromatic carbocycles. The van der Waals surface area contributed by atoms with Crippen molar-refractivity contribution in [1.82, 2.24) is 14.9 Å². The van der Waals surface area contributed by atoms with Crippen LogP contribution in [0.4, 0.5) is 35.5 Å². The molecule has 2 aliphatic heterocycles. The van der Waals surface area contributed by atoms with Gasteiger partial charge in [0.25, 0.3) is 5.91 Å². The number of carbonyl (C=O) groups excluding carboxylic acids is 2. The number of nitrogens with one attached hydrogen (secondary N) is 1. The van der Waals surface area contributed by atoms with E-state index >= 15 is 0 Å². The molecule has 4 heterocycles. The summed E-state index contributed by atoms with van der Waals surface area (Å²) in [6.07, 6.45) is -4.08. The standard InChI is InChI=1S/C19H19F3N6O5/c20-19(21,22)15-14(33-17(25-15)28-5-1-2-13(28)29)16(30)24-11-3-4-12(23-10-11)26-6-8-27(9-7-26)18(31)32/h3-4,10H,1-2,5-9H2,(H,24,30)(H,31,32). The molecule has 0 bridgehead atoms. The summed E-state index contributed by atoms with van der Waals surface area (Å²) in [5.41, 5.74) is -1.40. The van der Waals surface area contributed by atoms with E-state index in [4.69, 9.17) is 9.52 Å². The second-order valence-corrected chi connectivity index (χ2v) is 7.44. The van der Waals surface area contributed by atoms with Gasteiger partial charge in [0, 0.05) is 39.1 Å². The van der Waals surface area contributed by atoms with Crippen LogP contribution in [0.5, 0.6) is 0 Å². The fourth-order valence-corrected chi connectivity index (χ4v) is 3.58. The third kappa shape index (κ3) is 4.68. The number of pyridine rings is 1. The first-order chi connectivity index (χ1) is 15.6. The summed E-state index contributed by atoms with van der Waals surface area (Å²) in [6.45, 7) is 1.63. The Balaban J connectivity index is 1.47. The lowest BCUT2D eigenvalue weighted by Crippen LogP contribution is -2.48. The normalized spacial score (nSPS) is 16.9. The summed E-state index contributed by atoms with van der Waals surface area (Å²) >= 11 is 0. The first-order valence-electron chi connectivity index (χ1n) is 10.0. The molecule has 0 saturated carbocycles. The maximum atomic E-state index is 13.4. The van der Waals surface area contributed by atoms with Gasteiger partial charge in [-0.25, -0.2) is 9.78 Å². The highest BCUT2D eigenvalue weighted by molar-refractivity contribution is 6.03. The Bertz CT molecular complexity index is 1060. The molecule has 2 saturated heterocycles. The Labute approximate surface area is 184 Å². The van der Waals surface area contributed by atoms with Gasteiger partial charge in [-0.05, 0) is 18.6 Å². The zero-order valence-electron chi connectivity index (χ0n) is 17.1. The van der Waals surface area contributed by atoms with Gasteiger partial charge in [-0.2, -0.15) is 18.2 Å². The number of aromatic nitrogens is 2. The predicted molar refractivity (Wildman–Crippen MR) is 107 cm³/mol. The van der Waals surface area contributed by atoms with Crippen LogP contribution < -0.4 is 15.1 Å². The van der Waals surface area contributed by atoms with Gasteiger partial charge in [-0.15, -0.1) is 0 Å². The molecule has 2 aromatic rings. The molecule has 0 radical (unpaired) electrons. The van der Waals surface area contributed by atoms with Crippen molar-refractivity contribution in [1.29, 1.82) is 0 Å². The molecule has 11 nitrogen and oxygen atoms in total. The Hall–Kier alpha value is -3.84. The SMILES string of the molecule is O=C(Nc1ccc(N2CCN(C(=O)O)CC2)nc1)c1oc(N2CCCC2=O)nc1C(F)(F)F. The van der Waals surface area contributed by atoms with Crippen LogP contribution in [0, 0.1) is 0 Å². The van der Waals surface area contributed by atoms with Crippen LogP contribution in [0.2, 0.25) is 0 Å². The van der Waals surface area contributed by atoms with Gasteiger partial charge in [-0.3, -0.25) is 14.5 Å². The monoisotopic (exact) mass is 468 g/mol. The summed E-state index contributed by atoms with van der Waals surface area (Å²) in [6, 6.07) is 2.45. The van der Waals surface area contributed by atoms with E-state index in [9.17, 15) is 27.6 Å². The third-order valence-electron chi connectivity index (χ3n) is 5.27. The minimum absolute atomic E-state index is 0.122. The maximum absolute atomic E-state index is 13.4. The van der Waals surface area contributed by atoms with Gasteiger partial charge in [0.2, 0.25) is 11.7 Å². The Morgan fingerprint density at radius 1 is 1.12 bits per heavy atom. The Morgan fingerprint density at radius 2 is 1.85 bits per heavy atom. The van der Waals surface area contributed by atoms with Crippen molar-refractivity contribution < 1.29 is 37.1 Å². The van der Waals surface area contributed by atoms with Crippen LogP contribution in [-0.2, 0) is 11.0 Å². The molecule has 4 rings (SSSR count). The van der Waals surface area contributed by atoms with Crippen molar-refractivity contribution in [2.45, 2.75) is 19.0 Å². The van der Waals surface area contributed by atoms with E-state index in [1.807, 2.05) is 4.90 Å². The number of alkyl halides is 3. The smallest absolute Gasteiger partial charge is 0.437 e. The number of anilines is 3. The fraction of sp³-hybridized carbons (Fsp3) is 0.421. The first kappa shape index (κ1) is 22.4. The van der Waals surface area contributed by atoms with E-state index < -0.39 is 41.6 Å². The molecular weight excluding hydrogens is 449 g/mol. The molecule has 176 valence electrons. The topological polar surface area (TPSA) is 132 Å². The molecule has 0 atom stereocenters. The number of halogens is 3. The molecule has 14 heteroatoms. The summed E-state index contributed by atoms with van der Waals surface area (Å²) in [5, 5.41) is 11.3. The van der Waals surface area contributed by atoms with Gasteiger partial charge in [0.05, 0.1) is 11.9 Å². The van der Waals surface area contributed by atoms with Crippen molar-refractivity contribution in [2.75, 3.05) is 47.8 Å². The number of piperazine rings is 1. The Morgan fingerprint density at radius 3 is 2.39 bits per heavy atom. The molecule has 0 unspecified atom stereocenters. The van der Waals surface area contributed by atoms with Crippen LogP contribution in [0.3, 0.4) is 0 Å². The minimum Gasteiger partial charge on any atom is -0.465 e. The van der Waals surface area contributed by atoms with Crippen molar-refractivity contribution in [3.05, 3.63) is 29.8 Å². The van der Waals surface area contributed by atoms with E-state index in [2.05, 4.69) is 15.3 Å². The number of hydrogen-bond acceptors (Lipinski definition) is 7. The number of oxazole rings is 1. The summed E-state index contributed by atoms with van der Waals surface area (Å²) in [5.74, 6) is -2.13. The highest BCUT2D eigenvalue weighted by atomic mass is 19.4. The molecular formula is C19H19F3N6O5. The fourth-order valence-electron chi connectivity index (χ4n) is 3.58. The molecule has 2 aliphatic rings. The average molecular weight is 468 g/mol. The van der Waals surface area contributed by atoms with Crippen LogP contribution in [-0.4, -0.2) is 70.6 Å². The lowest BCUT2D eigenvalue weighted by atomic mass is 10.3. The molecule has 2 N–H and O–H groups in total. The highest BCUT2D eigenvalue weighted by Gasteiger charge is 2.43. The third-order valence-corrected chi connectivity index (χ3v) is 5.27. The van der Waals surface area contributed by atoms with Crippen LogP contribution in [0.25, 0.3) is 0 Å². The van der Waals surface area contributed by atoms with Crippen LogP contribution in [0.15, 0.2) is 22.7 Å². The number of amides is 3. The summed E-state index contributed by atoms with van der Waals surface area (Å²) in [7, 11) is 0. The van der Waals surface area contributed by atoms with Crippen molar-refractivity contribution >= 4 is 35.4 Å². The first-order valence-corrected chi connectivity index (χ1v) is 10.0. The number of carboxylic acid groups (broad SMARTS) is 1. The van der Waals surface area contributed by atoms with E-state index in [0.29, 0.717) is 38.4 Å². The lowest BCUT2D eigenvalue weighted by Gasteiger charge is -2.33. The van der Waals surface area contributed by atoms with Gasteiger partial charge >= 0.3 is 18.3 Å². The van der Waals surface area contributed by atoms with Crippen molar-refractivity contribution in [3.8, 4) is 0 Å². The van der Waals surface area contributed by atoms with E-state index in [1.165, 1.54) is 17.2 Å². The molecule has 3 amide bonds. The second kappa shape index (κ2) is 8.60. The van der Waals surface area contributed by atoms with Gasteiger partial charge < -0.3 is 24.6 Å². The molecule has 2 fully saturated rings. The quantitative estimate of drug-likeness (QED) is 0.699. The minimum atomic E-state index is -4.96. The highest BCUT2D eigenvalue weighted by Crippen LogP contribution is 2.35. The Kier molecular flexibility index (Phi) is 5.82. The van der Waals surface area contributed by atoms with E-state index in [0.717, 1.165) is 4.90 Å². The summed E-state index contributed by atoms with van der Waals surface area (Å²) < 4.78 is 45.3. The second-order valence-electron chi connectivity index (χ2n) is 7.44. The number of carbonyl (C=O) groups is 3. The van der Waals surface area contributed by atoms with E-state index in [1.54, 1.807) is 6.07 Å². The van der Waals surface area contributed by atoms with Gasteiger partial charge in [0.1, 0.15) is 5.82 Å². The zero-order chi connectivity index (χ0) is 23.8. The predicted octanol–water partition coefficient (Wildman–Crippen LogP) is 2.27. The van der Waals surface area contributed by atoms with Crippen molar-refractivity contribution in [3.63, 3.8) is 0 Å². The number of rotatable bonds is 4. The maximum Gasteiger partial charge on any atom is 0.437 e. The van der Waals surface area contributed by atoms with E-state index in [-0.39, 0.29) is 18.7 Å².